The van der Waals surface area contributed by atoms with Crippen molar-refractivity contribution in [3.63, 3.8) is 0 Å². The average Bonchev–Trinajstić information content (AvgIpc) is 2.18. The van der Waals surface area contributed by atoms with Gasteiger partial charge in [0, 0.05) is 19.1 Å². The van der Waals surface area contributed by atoms with Crippen LogP contribution in [0.2, 0.25) is 0 Å². The Morgan fingerprint density at radius 1 is 1.50 bits per heavy atom. The first kappa shape index (κ1) is 11.9. The molecule has 0 bridgehead atoms. The van der Waals surface area contributed by atoms with Crippen molar-refractivity contribution in [1.82, 2.24) is 9.03 Å². The summed E-state index contributed by atoms with van der Waals surface area (Å²) in [6.07, 6.45) is 0. The van der Waals surface area contributed by atoms with Crippen LogP contribution in [0.5, 0.6) is 0 Å². The maximum Gasteiger partial charge on any atom is 0.279 e. The average molecular weight is 224 g/mol. The number of nitrogens with one attached hydrogen (secondary N) is 1. The lowest BCUT2D eigenvalue weighted by Crippen LogP contribution is -2.49. The zero-order valence-electron chi connectivity index (χ0n) is 8.14. The van der Waals surface area contributed by atoms with Crippen LogP contribution in [0.1, 0.15) is 6.92 Å². The van der Waals surface area contributed by atoms with Gasteiger partial charge >= 0.3 is 0 Å². The van der Waals surface area contributed by atoms with Gasteiger partial charge in [0.25, 0.3) is 10.2 Å². The molecular weight excluding hydrogens is 208 g/mol. The molecule has 1 saturated heterocycles. The smallest absolute Gasteiger partial charge is 0.279 e. The molecule has 0 aliphatic carbocycles. The van der Waals surface area contributed by atoms with E-state index in [-0.39, 0.29) is 6.61 Å². The molecule has 1 heterocycles. The Morgan fingerprint density at radius 2 is 2.07 bits per heavy atom. The zero-order chi connectivity index (χ0) is 10.6. The van der Waals surface area contributed by atoms with Crippen LogP contribution < -0.4 is 4.72 Å². The summed E-state index contributed by atoms with van der Waals surface area (Å²) in [6.45, 7) is 2.99. The predicted molar refractivity (Wildman–Crippen MR) is 51.0 cm³/mol. The van der Waals surface area contributed by atoms with Crippen molar-refractivity contribution >= 4 is 10.2 Å². The first-order valence-corrected chi connectivity index (χ1v) is 5.96. The van der Waals surface area contributed by atoms with Gasteiger partial charge in [-0.1, -0.05) is 0 Å². The van der Waals surface area contributed by atoms with Gasteiger partial charge in [-0.25, -0.2) is 0 Å². The Kier molecular flexibility index (Phi) is 4.27. The number of hydrogen-bond acceptors (Lipinski definition) is 4. The summed E-state index contributed by atoms with van der Waals surface area (Å²) in [7, 11) is -3.45. The molecule has 6 nitrogen and oxygen atoms in total. The monoisotopic (exact) mass is 224 g/mol. The summed E-state index contributed by atoms with van der Waals surface area (Å²) in [6, 6.07) is -0.456. The third kappa shape index (κ3) is 3.18. The molecule has 0 radical (unpaired) electrons. The first-order chi connectivity index (χ1) is 6.56. The molecular formula is C7H16N2O4S. The summed E-state index contributed by atoms with van der Waals surface area (Å²) in [4.78, 5) is 0. The van der Waals surface area contributed by atoms with Gasteiger partial charge in [-0.15, -0.1) is 0 Å². The maximum absolute atomic E-state index is 11.6. The van der Waals surface area contributed by atoms with Crippen LogP contribution in [0.4, 0.5) is 0 Å². The molecule has 1 rings (SSSR count). The molecule has 2 N–H and O–H groups in total. The van der Waals surface area contributed by atoms with E-state index >= 15 is 0 Å². The van der Waals surface area contributed by atoms with Gasteiger partial charge in [0.2, 0.25) is 0 Å². The number of nitrogens with zero attached hydrogens (tertiary/aromatic N) is 1. The molecule has 84 valence electrons. The molecule has 1 aliphatic rings. The summed E-state index contributed by atoms with van der Waals surface area (Å²) in [5, 5.41) is 8.73. The van der Waals surface area contributed by atoms with Crippen molar-refractivity contribution in [2.24, 2.45) is 0 Å². The molecule has 7 heteroatoms. The molecule has 14 heavy (non-hydrogen) atoms. The van der Waals surface area contributed by atoms with Crippen molar-refractivity contribution in [3.05, 3.63) is 0 Å². The topological polar surface area (TPSA) is 78.9 Å². The van der Waals surface area contributed by atoms with Crippen LogP contribution in [0.3, 0.4) is 0 Å². The lowest BCUT2D eigenvalue weighted by molar-refractivity contribution is 0.0722. The highest BCUT2D eigenvalue weighted by Gasteiger charge is 2.25. The second-order valence-electron chi connectivity index (χ2n) is 3.22. The number of hydrogen-bond donors (Lipinski definition) is 2. The SMILES string of the molecule is C[C@H](CO)NS(=O)(=O)N1CCOCC1. The van der Waals surface area contributed by atoms with Gasteiger partial charge in [-0.2, -0.15) is 17.4 Å². The Labute approximate surface area is 84.0 Å². The fourth-order valence-electron chi connectivity index (χ4n) is 1.15. The van der Waals surface area contributed by atoms with Crippen molar-refractivity contribution in [1.29, 1.82) is 0 Å². The van der Waals surface area contributed by atoms with Gasteiger partial charge in [0.1, 0.15) is 0 Å². The van der Waals surface area contributed by atoms with Crippen molar-refractivity contribution < 1.29 is 18.3 Å². The van der Waals surface area contributed by atoms with E-state index in [1.807, 2.05) is 0 Å². The van der Waals surface area contributed by atoms with E-state index in [0.717, 1.165) is 0 Å². The van der Waals surface area contributed by atoms with Gasteiger partial charge < -0.3 is 9.84 Å². The number of rotatable bonds is 4. The number of ether oxygens (including phenoxy) is 1. The Balaban J connectivity index is 2.54. The molecule has 1 aliphatic heterocycles. The summed E-state index contributed by atoms with van der Waals surface area (Å²) < 4.78 is 31.9. The fraction of sp³-hybridized carbons (Fsp3) is 1.00. The van der Waals surface area contributed by atoms with E-state index in [0.29, 0.717) is 26.3 Å². The fourth-order valence-corrected chi connectivity index (χ4v) is 2.51. The van der Waals surface area contributed by atoms with Crippen LogP contribution in [0.25, 0.3) is 0 Å². The molecule has 1 atom stereocenters. The maximum atomic E-state index is 11.6. The molecule has 0 amide bonds. The second-order valence-corrected chi connectivity index (χ2v) is 4.92. The third-order valence-electron chi connectivity index (χ3n) is 1.93. The van der Waals surface area contributed by atoms with E-state index in [2.05, 4.69) is 4.72 Å². The number of aliphatic hydroxyl groups is 1. The summed E-state index contributed by atoms with van der Waals surface area (Å²) in [5.41, 5.74) is 0. The summed E-state index contributed by atoms with van der Waals surface area (Å²) in [5.74, 6) is 0. The van der Waals surface area contributed by atoms with Gasteiger partial charge in [0.15, 0.2) is 0 Å². The molecule has 0 saturated carbocycles. The van der Waals surface area contributed by atoms with Crippen molar-refractivity contribution in [2.45, 2.75) is 13.0 Å². The first-order valence-electron chi connectivity index (χ1n) is 4.52. The summed E-state index contributed by atoms with van der Waals surface area (Å²) >= 11 is 0. The van der Waals surface area contributed by atoms with Crippen LogP contribution in [-0.4, -0.2) is 56.8 Å². The minimum Gasteiger partial charge on any atom is -0.395 e. The third-order valence-corrected chi connectivity index (χ3v) is 3.68. The van der Waals surface area contributed by atoms with E-state index in [9.17, 15) is 8.42 Å². The Bertz CT molecular complexity index is 261. The standard InChI is InChI=1S/C7H16N2O4S/c1-7(6-10)8-14(11,12)9-2-4-13-5-3-9/h7-8,10H,2-6H2,1H3/t7-/m1/s1. The quantitative estimate of drug-likeness (QED) is 0.611. The molecule has 1 fully saturated rings. The van der Waals surface area contributed by atoms with Crippen LogP contribution in [0, 0.1) is 0 Å². The molecule has 0 unspecified atom stereocenters. The second kappa shape index (κ2) is 5.04. The van der Waals surface area contributed by atoms with E-state index in [4.69, 9.17) is 9.84 Å². The molecule has 0 aromatic rings. The minimum atomic E-state index is -3.45. The predicted octanol–water partition coefficient (Wildman–Crippen LogP) is -1.47. The van der Waals surface area contributed by atoms with Crippen molar-refractivity contribution in [3.8, 4) is 0 Å². The van der Waals surface area contributed by atoms with E-state index in [1.165, 1.54) is 4.31 Å². The van der Waals surface area contributed by atoms with Gasteiger partial charge in [0.05, 0.1) is 19.8 Å². The minimum absolute atomic E-state index is 0.205. The zero-order valence-corrected chi connectivity index (χ0v) is 8.96. The Hall–Kier alpha value is -0.210. The van der Waals surface area contributed by atoms with Gasteiger partial charge in [-0.3, -0.25) is 0 Å². The number of aliphatic hydroxyl groups excluding tert-OH is 1. The number of morpholine rings is 1. The largest absolute Gasteiger partial charge is 0.395 e. The highest BCUT2D eigenvalue weighted by molar-refractivity contribution is 7.87. The molecule has 0 aromatic carbocycles. The Morgan fingerprint density at radius 3 is 2.57 bits per heavy atom. The normalized spacial score (nSPS) is 22.1. The highest BCUT2D eigenvalue weighted by atomic mass is 32.2. The van der Waals surface area contributed by atoms with Crippen LogP contribution in [-0.2, 0) is 14.9 Å². The van der Waals surface area contributed by atoms with Gasteiger partial charge in [-0.05, 0) is 6.92 Å². The molecule has 0 spiro atoms. The van der Waals surface area contributed by atoms with Crippen LogP contribution in [0.15, 0.2) is 0 Å². The molecule has 0 aromatic heterocycles. The highest BCUT2D eigenvalue weighted by Crippen LogP contribution is 2.03. The van der Waals surface area contributed by atoms with Crippen molar-refractivity contribution in [2.75, 3.05) is 32.9 Å². The van der Waals surface area contributed by atoms with E-state index < -0.39 is 16.3 Å². The van der Waals surface area contributed by atoms with E-state index in [1.54, 1.807) is 6.92 Å². The lowest BCUT2D eigenvalue weighted by Gasteiger charge is -2.27. The lowest BCUT2D eigenvalue weighted by atomic mass is 10.4. The van der Waals surface area contributed by atoms with Crippen LogP contribution >= 0.6 is 0 Å².